The Labute approximate surface area is 202 Å². The second-order valence-electron chi connectivity index (χ2n) is 6.63. The first-order valence-electron chi connectivity index (χ1n) is 9.40. The van der Waals surface area contributed by atoms with Crippen LogP contribution >= 0.6 is 50.9 Å². The van der Waals surface area contributed by atoms with E-state index in [1.807, 2.05) is 30.5 Å². The Balaban J connectivity index is 1.68. The molecule has 3 rings (SSSR count). The SMILES string of the molecule is CCn1c(SCC(=O)c2ccc(Br)cc2)nnc1[C@H](C)NC(=O)c1ccc(Cl)c(Cl)c1. The second kappa shape index (κ2) is 10.6. The van der Waals surface area contributed by atoms with E-state index in [1.54, 1.807) is 24.3 Å². The van der Waals surface area contributed by atoms with Gasteiger partial charge in [-0.1, -0.05) is 63.0 Å². The highest BCUT2D eigenvalue weighted by Crippen LogP contribution is 2.24. The molecule has 0 bridgehead atoms. The number of carbonyl (C=O) groups excluding carboxylic acids is 2. The number of hydrogen-bond acceptors (Lipinski definition) is 5. The van der Waals surface area contributed by atoms with Gasteiger partial charge in [0.2, 0.25) is 0 Å². The van der Waals surface area contributed by atoms with Gasteiger partial charge in [-0.15, -0.1) is 10.2 Å². The summed E-state index contributed by atoms with van der Waals surface area (Å²) < 4.78 is 2.81. The maximum Gasteiger partial charge on any atom is 0.251 e. The summed E-state index contributed by atoms with van der Waals surface area (Å²) in [7, 11) is 0. The molecule has 1 amide bonds. The minimum absolute atomic E-state index is 0.00525. The number of rotatable bonds is 8. The van der Waals surface area contributed by atoms with Crippen molar-refractivity contribution in [2.24, 2.45) is 0 Å². The zero-order valence-corrected chi connectivity index (χ0v) is 20.6. The first-order chi connectivity index (χ1) is 14.8. The average Bonchev–Trinajstić information content (AvgIpc) is 3.17. The van der Waals surface area contributed by atoms with Gasteiger partial charge in [0.25, 0.3) is 5.91 Å². The Morgan fingerprint density at radius 1 is 1.10 bits per heavy atom. The largest absolute Gasteiger partial charge is 0.342 e. The molecule has 0 unspecified atom stereocenters. The number of nitrogens with one attached hydrogen (secondary N) is 1. The van der Waals surface area contributed by atoms with Crippen LogP contribution < -0.4 is 5.32 Å². The molecule has 0 aliphatic heterocycles. The molecule has 10 heteroatoms. The number of Topliss-reactive ketones (excluding diaryl/α,β-unsaturated/α-hetero) is 1. The molecule has 0 radical (unpaired) electrons. The lowest BCUT2D eigenvalue weighted by atomic mass is 10.2. The molecular formula is C21H19BrCl2N4O2S. The minimum atomic E-state index is -0.397. The molecule has 0 saturated carbocycles. The van der Waals surface area contributed by atoms with Gasteiger partial charge >= 0.3 is 0 Å². The van der Waals surface area contributed by atoms with E-state index >= 15 is 0 Å². The van der Waals surface area contributed by atoms with Gasteiger partial charge in [0.1, 0.15) is 0 Å². The van der Waals surface area contributed by atoms with Crippen LogP contribution in [0, 0.1) is 0 Å². The van der Waals surface area contributed by atoms with Crippen molar-refractivity contribution < 1.29 is 9.59 Å². The van der Waals surface area contributed by atoms with E-state index in [9.17, 15) is 9.59 Å². The Bertz CT molecular complexity index is 1110. The number of carbonyl (C=O) groups is 2. The van der Waals surface area contributed by atoms with Crippen molar-refractivity contribution in [3.05, 3.63) is 73.9 Å². The van der Waals surface area contributed by atoms with Crippen molar-refractivity contribution in [3.8, 4) is 0 Å². The second-order valence-corrected chi connectivity index (χ2v) is 9.30. The molecular weight excluding hydrogens is 523 g/mol. The molecule has 0 aliphatic rings. The summed E-state index contributed by atoms with van der Waals surface area (Å²) in [6, 6.07) is 11.5. The molecule has 2 aromatic carbocycles. The lowest BCUT2D eigenvalue weighted by molar-refractivity contribution is 0.0936. The molecule has 3 aromatic rings. The number of halogens is 3. The van der Waals surface area contributed by atoms with Gasteiger partial charge in [-0.2, -0.15) is 0 Å². The molecule has 31 heavy (non-hydrogen) atoms. The molecule has 0 fully saturated rings. The van der Waals surface area contributed by atoms with E-state index in [-0.39, 0.29) is 17.4 Å². The number of benzene rings is 2. The van der Waals surface area contributed by atoms with Crippen molar-refractivity contribution >= 4 is 62.6 Å². The fraction of sp³-hybridized carbons (Fsp3) is 0.238. The van der Waals surface area contributed by atoms with Crippen molar-refractivity contribution in [1.82, 2.24) is 20.1 Å². The van der Waals surface area contributed by atoms with Gasteiger partial charge < -0.3 is 9.88 Å². The normalized spacial score (nSPS) is 11.9. The fourth-order valence-electron chi connectivity index (χ4n) is 2.86. The maximum absolute atomic E-state index is 12.6. The van der Waals surface area contributed by atoms with Gasteiger partial charge in [-0.25, -0.2) is 0 Å². The summed E-state index contributed by atoms with van der Waals surface area (Å²) in [6.07, 6.45) is 0. The van der Waals surface area contributed by atoms with Gasteiger partial charge in [-0.05, 0) is 44.2 Å². The Morgan fingerprint density at radius 3 is 2.42 bits per heavy atom. The summed E-state index contributed by atoms with van der Waals surface area (Å²) in [5, 5.41) is 12.7. The first kappa shape index (κ1) is 23.8. The average molecular weight is 542 g/mol. The highest BCUT2D eigenvalue weighted by atomic mass is 79.9. The number of aromatic nitrogens is 3. The topological polar surface area (TPSA) is 76.9 Å². The Hall–Kier alpha value is -1.87. The summed E-state index contributed by atoms with van der Waals surface area (Å²) in [4.78, 5) is 25.0. The van der Waals surface area contributed by atoms with E-state index < -0.39 is 6.04 Å². The van der Waals surface area contributed by atoms with Crippen LogP contribution in [0.2, 0.25) is 10.0 Å². The van der Waals surface area contributed by atoms with Crippen LogP contribution in [0.25, 0.3) is 0 Å². The zero-order valence-electron chi connectivity index (χ0n) is 16.7. The van der Waals surface area contributed by atoms with Gasteiger partial charge in [0.15, 0.2) is 16.8 Å². The Kier molecular flexibility index (Phi) is 8.16. The molecule has 6 nitrogen and oxygen atoms in total. The van der Waals surface area contributed by atoms with Crippen LogP contribution in [0.4, 0.5) is 0 Å². The number of ketones is 1. The van der Waals surface area contributed by atoms with E-state index in [2.05, 4.69) is 31.4 Å². The van der Waals surface area contributed by atoms with Gasteiger partial charge in [0.05, 0.1) is 21.8 Å². The van der Waals surface area contributed by atoms with Gasteiger partial charge in [-0.3, -0.25) is 9.59 Å². The minimum Gasteiger partial charge on any atom is -0.342 e. The van der Waals surface area contributed by atoms with Crippen LogP contribution in [-0.4, -0.2) is 32.2 Å². The van der Waals surface area contributed by atoms with Crippen molar-refractivity contribution in [2.45, 2.75) is 31.6 Å². The first-order valence-corrected chi connectivity index (χ1v) is 11.9. The van der Waals surface area contributed by atoms with E-state index in [0.717, 1.165) is 4.47 Å². The Morgan fingerprint density at radius 2 is 1.77 bits per heavy atom. The molecule has 1 atom stereocenters. The molecule has 162 valence electrons. The lowest BCUT2D eigenvalue weighted by Gasteiger charge is -2.15. The van der Waals surface area contributed by atoms with E-state index in [1.165, 1.54) is 17.8 Å². The number of nitrogens with zero attached hydrogens (tertiary/aromatic N) is 3. The number of thioether (sulfide) groups is 1. The summed E-state index contributed by atoms with van der Waals surface area (Å²) in [5.74, 6) is 0.556. The summed E-state index contributed by atoms with van der Waals surface area (Å²) >= 11 is 16.6. The third-order valence-corrected chi connectivity index (χ3v) is 6.71. The summed E-state index contributed by atoms with van der Waals surface area (Å²) in [6.45, 7) is 4.39. The molecule has 0 saturated heterocycles. The highest BCUT2D eigenvalue weighted by Gasteiger charge is 2.20. The predicted molar refractivity (Wildman–Crippen MR) is 127 cm³/mol. The van der Waals surface area contributed by atoms with Crippen LogP contribution in [0.5, 0.6) is 0 Å². The third kappa shape index (κ3) is 5.88. The van der Waals surface area contributed by atoms with Crippen molar-refractivity contribution in [3.63, 3.8) is 0 Å². The predicted octanol–water partition coefficient (Wildman–Crippen LogP) is 5.83. The number of amides is 1. The molecule has 0 spiro atoms. The van der Waals surface area contributed by atoms with Crippen LogP contribution in [0.1, 0.15) is 46.4 Å². The van der Waals surface area contributed by atoms with Crippen LogP contribution in [-0.2, 0) is 6.54 Å². The van der Waals surface area contributed by atoms with Crippen molar-refractivity contribution in [2.75, 3.05) is 5.75 Å². The number of hydrogen-bond donors (Lipinski definition) is 1. The molecule has 0 aliphatic carbocycles. The van der Waals surface area contributed by atoms with E-state index in [0.29, 0.717) is 38.7 Å². The third-order valence-electron chi connectivity index (χ3n) is 4.48. The standard InChI is InChI=1S/C21H19BrCl2N4O2S/c1-3-28-19(12(2)25-20(30)14-6-9-16(23)17(24)10-14)26-27-21(28)31-11-18(29)13-4-7-15(22)8-5-13/h4-10,12H,3,11H2,1-2H3,(H,25,30)/t12-/m0/s1. The van der Waals surface area contributed by atoms with Crippen LogP contribution in [0.15, 0.2) is 52.1 Å². The maximum atomic E-state index is 12.6. The highest BCUT2D eigenvalue weighted by molar-refractivity contribution is 9.10. The van der Waals surface area contributed by atoms with Crippen molar-refractivity contribution in [1.29, 1.82) is 0 Å². The fourth-order valence-corrected chi connectivity index (χ4v) is 4.32. The molecule has 1 aromatic heterocycles. The van der Waals surface area contributed by atoms with Crippen LogP contribution in [0.3, 0.4) is 0 Å². The quantitative estimate of drug-likeness (QED) is 0.286. The molecule has 1 heterocycles. The monoisotopic (exact) mass is 540 g/mol. The zero-order chi connectivity index (χ0) is 22.5. The van der Waals surface area contributed by atoms with Gasteiger partial charge in [0, 0.05) is 22.1 Å². The smallest absolute Gasteiger partial charge is 0.251 e. The lowest BCUT2D eigenvalue weighted by Crippen LogP contribution is -2.28. The van der Waals surface area contributed by atoms with E-state index in [4.69, 9.17) is 23.2 Å². The molecule has 1 N–H and O–H groups in total. The summed E-state index contributed by atoms with van der Waals surface area (Å²) in [5.41, 5.74) is 1.04.